The molecule has 3 heteroatoms. The van der Waals surface area contributed by atoms with Crippen LogP contribution < -0.4 is 4.74 Å². The van der Waals surface area contributed by atoms with Gasteiger partial charge in [-0.1, -0.05) is 31.2 Å². The number of ether oxygens (including phenoxy) is 2. The van der Waals surface area contributed by atoms with Gasteiger partial charge in [-0.3, -0.25) is 4.79 Å². The van der Waals surface area contributed by atoms with Gasteiger partial charge in [-0.15, -0.1) is 0 Å². The predicted molar refractivity (Wildman–Crippen MR) is 89.3 cm³/mol. The number of carbonyl (C=O) groups excluding carboxylic acids is 1. The first-order valence-electron chi connectivity index (χ1n) is 7.60. The third kappa shape index (κ3) is 2.80. The maximum absolute atomic E-state index is 12.1. The number of esters is 1. The fourth-order valence-corrected chi connectivity index (χ4v) is 3.22. The fraction of sp³-hybridized carbons (Fsp3) is 0.421. The Kier molecular flexibility index (Phi) is 4.74. The van der Waals surface area contributed by atoms with Crippen molar-refractivity contribution in [3.63, 3.8) is 0 Å². The van der Waals surface area contributed by atoms with Crippen molar-refractivity contribution in [3.8, 4) is 5.75 Å². The van der Waals surface area contributed by atoms with Crippen LogP contribution in [-0.4, -0.2) is 20.2 Å². The summed E-state index contributed by atoms with van der Waals surface area (Å²) in [7, 11) is 3.12. The lowest BCUT2D eigenvalue weighted by Crippen LogP contribution is -2.32. The van der Waals surface area contributed by atoms with Crippen LogP contribution in [0.25, 0.3) is 10.8 Å². The fourth-order valence-electron chi connectivity index (χ4n) is 3.22. The quantitative estimate of drug-likeness (QED) is 0.760. The summed E-state index contributed by atoms with van der Waals surface area (Å²) in [6.45, 7) is 5.99. The molecular weight excluding hydrogens is 276 g/mol. The molecule has 0 spiro atoms. The van der Waals surface area contributed by atoms with Gasteiger partial charge in [-0.25, -0.2) is 0 Å². The molecule has 0 aliphatic rings. The van der Waals surface area contributed by atoms with Gasteiger partial charge in [-0.2, -0.15) is 0 Å². The summed E-state index contributed by atoms with van der Waals surface area (Å²) >= 11 is 0. The molecule has 0 aromatic heterocycles. The molecule has 0 saturated carbocycles. The Morgan fingerprint density at radius 3 is 2.50 bits per heavy atom. The van der Waals surface area contributed by atoms with Gasteiger partial charge in [0, 0.05) is 5.39 Å². The minimum atomic E-state index is -0.570. The minimum absolute atomic E-state index is 0.0919. The van der Waals surface area contributed by atoms with Crippen LogP contribution in [0, 0.1) is 5.41 Å². The highest BCUT2D eigenvalue weighted by Gasteiger charge is 2.37. The molecule has 2 aromatic rings. The van der Waals surface area contributed by atoms with E-state index >= 15 is 0 Å². The van der Waals surface area contributed by atoms with Crippen molar-refractivity contribution in [3.05, 3.63) is 42.0 Å². The number of rotatable bonds is 5. The number of benzene rings is 2. The zero-order valence-corrected chi connectivity index (χ0v) is 14.0. The van der Waals surface area contributed by atoms with Gasteiger partial charge in [0.05, 0.1) is 19.6 Å². The monoisotopic (exact) mass is 300 g/mol. The molecule has 2 aromatic carbocycles. The Morgan fingerprint density at radius 1 is 1.18 bits per heavy atom. The molecule has 0 aliphatic carbocycles. The van der Waals surface area contributed by atoms with Crippen molar-refractivity contribution in [2.75, 3.05) is 14.2 Å². The largest absolute Gasteiger partial charge is 0.496 e. The molecule has 0 heterocycles. The Labute approximate surface area is 132 Å². The van der Waals surface area contributed by atoms with Gasteiger partial charge >= 0.3 is 5.97 Å². The second kappa shape index (κ2) is 6.39. The second-order valence-corrected chi connectivity index (χ2v) is 6.11. The van der Waals surface area contributed by atoms with Crippen molar-refractivity contribution in [1.82, 2.24) is 0 Å². The summed E-state index contributed by atoms with van der Waals surface area (Å²) in [5.41, 5.74) is 0.564. The molecule has 3 nitrogen and oxygen atoms in total. The molecular formula is C19H24O3. The molecule has 0 fully saturated rings. The molecule has 0 saturated heterocycles. The van der Waals surface area contributed by atoms with Crippen LogP contribution in [0.4, 0.5) is 0 Å². The van der Waals surface area contributed by atoms with Crippen LogP contribution in [0.5, 0.6) is 5.75 Å². The molecule has 0 bridgehead atoms. The van der Waals surface area contributed by atoms with E-state index in [2.05, 4.69) is 31.2 Å². The average molecular weight is 300 g/mol. The van der Waals surface area contributed by atoms with E-state index in [0.717, 1.165) is 28.5 Å². The summed E-state index contributed by atoms with van der Waals surface area (Å²) in [4.78, 5) is 12.1. The van der Waals surface area contributed by atoms with Gasteiger partial charge in [0.25, 0.3) is 0 Å². The molecule has 1 atom stereocenters. The molecule has 2 rings (SSSR count). The van der Waals surface area contributed by atoms with Crippen LogP contribution in [0.15, 0.2) is 36.4 Å². The third-order valence-corrected chi connectivity index (χ3v) is 4.48. The van der Waals surface area contributed by atoms with Crippen LogP contribution >= 0.6 is 0 Å². The van der Waals surface area contributed by atoms with E-state index in [4.69, 9.17) is 9.47 Å². The van der Waals surface area contributed by atoms with Gasteiger partial charge in [0.1, 0.15) is 5.75 Å². The summed E-state index contributed by atoms with van der Waals surface area (Å²) in [6.07, 6.45) is 0.864. The van der Waals surface area contributed by atoms with Gasteiger partial charge in [0.15, 0.2) is 0 Å². The summed E-state index contributed by atoms with van der Waals surface area (Å²) in [5.74, 6) is 0.763. The first-order valence-corrected chi connectivity index (χ1v) is 7.60. The first-order chi connectivity index (χ1) is 10.5. The molecule has 22 heavy (non-hydrogen) atoms. The normalized spacial score (nSPS) is 13.0. The van der Waals surface area contributed by atoms with Crippen molar-refractivity contribution < 1.29 is 14.3 Å². The van der Waals surface area contributed by atoms with Crippen LogP contribution in [0.3, 0.4) is 0 Å². The van der Waals surface area contributed by atoms with E-state index in [1.54, 1.807) is 7.11 Å². The van der Waals surface area contributed by atoms with E-state index in [0.29, 0.717) is 0 Å². The summed E-state index contributed by atoms with van der Waals surface area (Å²) in [6, 6.07) is 12.3. The molecule has 1 unspecified atom stereocenters. The van der Waals surface area contributed by atoms with Crippen LogP contribution in [-0.2, 0) is 9.53 Å². The number of fused-ring (bicyclic) bond motifs is 1. The number of carbonyl (C=O) groups is 1. The van der Waals surface area contributed by atoms with Crippen molar-refractivity contribution in [2.45, 2.75) is 33.1 Å². The van der Waals surface area contributed by atoms with Crippen molar-refractivity contribution >= 4 is 16.7 Å². The average Bonchev–Trinajstić information content (AvgIpc) is 2.53. The summed E-state index contributed by atoms with van der Waals surface area (Å²) in [5, 5.41) is 2.20. The molecule has 0 radical (unpaired) electrons. The first kappa shape index (κ1) is 16.3. The topological polar surface area (TPSA) is 35.5 Å². The number of hydrogen-bond donors (Lipinski definition) is 0. The third-order valence-electron chi connectivity index (χ3n) is 4.48. The van der Waals surface area contributed by atoms with Crippen LogP contribution in [0.2, 0.25) is 0 Å². The lowest BCUT2D eigenvalue weighted by atomic mass is 9.73. The SMILES string of the molecule is CCC(c1ccc2cccc(OC)c2c1)C(C)(C)C(=O)OC. The number of methoxy groups -OCH3 is 2. The maximum atomic E-state index is 12.1. The Morgan fingerprint density at radius 2 is 1.91 bits per heavy atom. The van der Waals surface area contributed by atoms with Crippen LogP contribution in [0.1, 0.15) is 38.7 Å². The highest BCUT2D eigenvalue weighted by atomic mass is 16.5. The zero-order chi connectivity index (χ0) is 16.3. The Bertz CT molecular complexity index is 673. The highest BCUT2D eigenvalue weighted by molar-refractivity contribution is 5.89. The van der Waals surface area contributed by atoms with E-state index in [9.17, 15) is 4.79 Å². The van der Waals surface area contributed by atoms with E-state index in [1.807, 2.05) is 26.0 Å². The second-order valence-electron chi connectivity index (χ2n) is 6.11. The summed E-state index contributed by atoms with van der Waals surface area (Å²) < 4.78 is 10.4. The van der Waals surface area contributed by atoms with Gasteiger partial charge in [0.2, 0.25) is 0 Å². The smallest absolute Gasteiger partial charge is 0.311 e. The zero-order valence-electron chi connectivity index (χ0n) is 14.0. The molecule has 0 amide bonds. The highest BCUT2D eigenvalue weighted by Crippen LogP contribution is 2.40. The van der Waals surface area contributed by atoms with Gasteiger partial charge < -0.3 is 9.47 Å². The van der Waals surface area contributed by atoms with Crippen molar-refractivity contribution in [1.29, 1.82) is 0 Å². The van der Waals surface area contributed by atoms with Crippen molar-refractivity contribution in [2.24, 2.45) is 5.41 Å². The number of hydrogen-bond acceptors (Lipinski definition) is 3. The molecule has 0 aliphatic heterocycles. The maximum Gasteiger partial charge on any atom is 0.311 e. The van der Waals surface area contributed by atoms with Gasteiger partial charge in [-0.05, 0) is 49.3 Å². The van der Waals surface area contributed by atoms with E-state index in [-0.39, 0.29) is 11.9 Å². The standard InChI is InChI=1S/C19H24O3/c1-6-16(19(2,3)18(20)22-5)14-11-10-13-8-7-9-17(21-4)15(13)12-14/h7-12,16H,6H2,1-5H3. The predicted octanol–water partition coefficient (Wildman–Crippen LogP) is 4.54. The lowest BCUT2D eigenvalue weighted by Gasteiger charge is -2.31. The molecule has 118 valence electrons. The molecule has 0 N–H and O–H groups in total. The Hall–Kier alpha value is -2.03. The minimum Gasteiger partial charge on any atom is -0.496 e. The van der Waals surface area contributed by atoms with E-state index in [1.165, 1.54) is 7.11 Å². The van der Waals surface area contributed by atoms with E-state index < -0.39 is 5.41 Å². The lowest BCUT2D eigenvalue weighted by molar-refractivity contribution is -0.152. The Balaban J connectivity index is 2.55.